The number of esters is 4. The van der Waals surface area contributed by atoms with Crippen LogP contribution in [0.4, 0.5) is 0 Å². The van der Waals surface area contributed by atoms with Crippen LogP contribution in [0.5, 0.6) is 11.5 Å². The van der Waals surface area contributed by atoms with Crippen molar-refractivity contribution in [2.45, 2.75) is 104 Å². The number of fused-ring (bicyclic) bond motifs is 10. The number of aromatic nitrogens is 4. The number of nitrogens with zero attached hydrogens (tertiary/aromatic N) is 4. The zero-order valence-corrected chi connectivity index (χ0v) is 48.3. The van der Waals surface area contributed by atoms with Crippen molar-refractivity contribution in [3.8, 4) is 34.3 Å². The third kappa shape index (κ3) is 11.5. The number of benzene rings is 2. The zero-order valence-electron chi connectivity index (χ0n) is 48.3. The Kier molecular flexibility index (Phi) is 18.0. The van der Waals surface area contributed by atoms with Gasteiger partial charge in [0.05, 0.1) is 97.7 Å². The summed E-state index contributed by atoms with van der Waals surface area (Å²) in [6.07, 6.45) is 0.490. The molecule has 3 atom stereocenters. The molecule has 25 nitrogen and oxygen atoms in total. The van der Waals surface area contributed by atoms with Crippen molar-refractivity contribution < 1.29 is 81.6 Å². The highest BCUT2D eigenvalue weighted by molar-refractivity contribution is 5.93. The topological polar surface area (TPSA) is 320 Å². The maximum atomic E-state index is 14.1. The number of amides is 2. The largest absolute Gasteiger partial charge is 0.508 e. The third-order valence-electron chi connectivity index (χ3n) is 15.9. The molecule has 0 spiro atoms. The van der Waals surface area contributed by atoms with Crippen molar-refractivity contribution in [2.24, 2.45) is 0 Å². The van der Waals surface area contributed by atoms with Crippen molar-refractivity contribution >= 4 is 57.5 Å². The Morgan fingerprint density at radius 2 is 1.03 bits per heavy atom. The molecule has 0 saturated heterocycles. The molecule has 86 heavy (non-hydrogen) atoms. The van der Waals surface area contributed by atoms with Crippen molar-refractivity contribution in [2.75, 3.05) is 72.6 Å². The maximum Gasteiger partial charge on any atom is 0.355 e. The summed E-state index contributed by atoms with van der Waals surface area (Å²) in [5.41, 5.74) is 2.53. The van der Waals surface area contributed by atoms with Gasteiger partial charge in [-0.05, 0) is 92.3 Å². The second-order valence-electron chi connectivity index (χ2n) is 20.9. The number of cyclic esters (lactones) is 2. The molecule has 4 aromatic heterocycles. The highest BCUT2D eigenvalue weighted by atomic mass is 16.6. The number of aromatic hydroxyl groups is 2. The molecular formula is C61H66N6O19. The molecule has 0 bridgehead atoms. The highest BCUT2D eigenvalue weighted by Gasteiger charge is 2.52. The lowest BCUT2D eigenvalue weighted by atomic mass is 9.85. The molecular weight excluding hydrogens is 1120 g/mol. The molecule has 4 aliphatic heterocycles. The first-order chi connectivity index (χ1) is 41.5. The monoisotopic (exact) mass is 1190 g/mol. The van der Waals surface area contributed by atoms with Crippen LogP contribution in [-0.4, -0.2) is 144 Å². The van der Waals surface area contributed by atoms with Crippen LogP contribution < -0.4 is 21.8 Å². The van der Waals surface area contributed by atoms with Crippen LogP contribution >= 0.6 is 0 Å². The Balaban J connectivity index is 0.645. The predicted molar refractivity (Wildman–Crippen MR) is 304 cm³/mol. The second-order valence-corrected chi connectivity index (χ2v) is 20.9. The quantitative estimate of drug-likeness (QED) is 0.0342. The van der Waals surface area contributed by atoms with Crippen molar-refractivity contribution in [1.82, 2.24) is 29.7 Å². The van der Waals surface area contributed by atoms with Gasteiger partial charge < -0.3 is 72.6 Å². The summed E-state index contributed by atoms with van der Waals surface area (Å²) >= 11 is 0. The summed E-state index contributed by atoms with van der Waals surface area (Å²) in [5, 5.41) is 26.8. The summed E-state index contributed by atoms with van der Waals surface area (Å²) in [6.45, 7) is 7.29. The number of aryl methyl sites for hydroxylation is 2. The summed E-state index contributed by atoms with van der Waals surface area (Å²) in [7, 11) is 0. The molecule has 6 aromatic rings. The van der Waals surface area contributed by atoms with Gasteiger partial charge in [-0.1, -0.05) is 27.7 Å². The van der Waals surface area contributed by atoms with Crippen molar-refractivity contribution in [3.05, 3.63) is 114 Å². The molecule has 2 aromatic carbocycles. The van der Waals surface area contributed by atoms with Gasteiger partial charge in [0.2, 0.25) is 23.0 Å². The Morgan fingerprint density at radius 3 is 1.48 bits per heavy atom. The van der Waals surface area contributed by atoms with E-state index in [9.17, 15) is 48.6 Å². The number of phenols is 2. The van der Waals surface area contributed by atoms with Crippen LogP contribution in [0, 0.1) is 0 Å². The fourth-order valence-corrected chi connectivity index (χ4v) is 11.7. The normalized spacial score (nSPS) is 17.4. The second kappa shape index (κ2) is 25.5. The van der Waals surface area contributed by atoms with Gasteiger partial charge >= 0.3 is 23.9 Å². The number of phenolic OH excluding ortho intramolecular Hbond substituents is 2. The molecule has 0 saturated carbocycles. The highest BCUT2D eigenvalue weighted by Crippen LogP contribution is 2.44. The number of hydrogen-bond acceptors (Lipinski definition) is 21. The number of ether oxygens (including phenoxy) is 9. The van der Waals surface area contributed by atoms with Gasteiger partial charge in [0.15, 0.2) is 0 Å². The van der Waals surface area contributed by atoms with Gasteiger partial charge in [0.25, 0.3) is 11.1 Å². The van der Waals surface area contributed by atoms with Gasteiger partial charge in [-0.15, -0.1) is 0 Å². The lowest BCUT2D eigenvalue weighted by Gasteiger charge is -2.35. The Hall–Kier alpha value is -8.62. The molecule has 2 amide bonds. The van der Waals surface area contributed by atoms with Crippen molar-refractivity contribution in [1.29, 1.82) is 0 Å². The van der Waals surface area contributed by atoms with E-state index in [1.165, 1.54) is 12.1 Å². The summed E-state index contributed by atoms with van der Waals surface area (Å²) in [5.74, 6) is -4.78. The van der Waals surface area contributed by atoms with Gasteiger partial charge in [0, 0.05) is 39.6 Å². The Labute approximate surface area is 491 Å². The number of carbonyl (C=O) groups excluding carboxylic acids is 6. The zero-order chi connectivity index (χ0) is 61.0. The lowest BCUT2D eigenvalue weighted by Crippen LogP contribution is -2.48. The van der Waals surface area contributed by atoms with E-state index in [2.05, 4.69) is 10.6 Å². The molecule has 0 radical (unpaired) electrons. The number of pyridine rings is 4. The van der Waals surface area contributed by atoms with E-state index < -0.39 is 90.4 Å². The number of nitrogens with one attached hydrogen (secondary N) is 2. The minimum Gasteiger partial charge on any atom is -0.508 e. The Bertz CT molecular complexity index is 3840. The van der Waals surface area contributed by atoms with E-state index in [1.807, 2.05) is 20.8 Å². The fraction of sp³-hybridized carbons (Fsp3) is 0.443. The maximum absolute atomic E-state index is 14.1. The Morgan fingerprint density at radius 1 is 0.593 bits per heavy atom. The van der Waals surface area contributed by atoms with Crippen LogP contribution in [0.15, 0.2) is 58.1 Å². The van der Waals surface area contributed by atoms with Crippen LogP contribution in [0.25, 0.3) is 44.6 Å². The first-order valence-electron chi connectivity index (χ1n) is 28.6. The third-order valence-corrected chi connectivity index (χ3v) is 15.9. The summed E-state index contributed by atoms with van der Waals surface area (Å²) < 4.78 is 53.7. The predicted octanol–water partition coefficient (Wildman–Crippen LogP) is 3.51. The average Bonchev–Trinajstić information content (AvgIpc) is 3.68. The molecule has 1 unspecified atom stereocenters. The number of rotatable bonds is 26. The van der Waals surface area contributed by atoms with Crippen molar-refractivity contribution in [3.63, 3.8) is 0 Å². The SMILES string of the molecule is CCOCC(COCCOCC(=O)NCC(=O)O[C@]1(CC)C(=O)OCc2c1cc1n(c2=O)Cc2c-1nc1ccc(O)cc1c2CC)OCCOCC(=O)NCC(=O)O[C@]1(CC)C(=O)OCc2c1cc1n(c2=O)Cc2c-1nc1ccc(O)cc1c2CC. The smallest absolute Gasteiger partial charge is 0.355 e. The summed E-state index contributed by atoms with van der Waals surface area (Å²) in [4.78, 5) is 117. The molecule has 8 heterocycles. The minimum absolute atomic E-state index is 0.0145. The van der Waals surface area contributed by atoms with E-state index in [-0.39, 0.29) is 113 Å². The van der Waals surface area contributed by atoms with E-state index >= 15 is 0 Å². The average molecular weight is 1190 g/mol. The van der Waals surface area contributed by atoms with E-state index in [1.54, 1.807) is 59.4 Å². The van der Waals surface area contributed by atoms with Crippen LogP contribution in [0.1, 0.15) is 92.0 Å². The molecule has 4 N–H and O–H groups in total. The van der Waals surface area contributed by atoms with Gasteiger partial charge in [0.1, 0.15) is 57.1 Å². The number of carbonyl (C=O) groups is 6. The van der Waals surface area contributed by atoms with E-state index in [0.717, 1.165) is 33.0 Å². The van der Waals surface area contributed by atoms with Crippen LogP contribution in [0.2, 0.25) is 0 Å². The number of hydrogen-bond donors (Lipinski definition) is 4. The van der Waals surface area contributed by atoms with E-state index in [0.29, 0.717) is 53.3 Å². The van der Waals surface area contributed by atoms with E-state index in [4.69, 9.17) is 52.6 Å². The fourth-order valence-electron chi connectivity index (χ4n) is 11.7. The molecule has 0 aliphatic carbocycles. The standard InChI is InChI=1S/C61H66N6O19/c1-6-36-38-19-33(68)11-13-46(38)64-54-40(36)25-66-48(54)21-44-42(56(66)74)29-83-58(76)60(44,8-3)85-52(72)23-62-50(70)31-80-16-15-79-28-35(27-78-10-5)82-18-17-81-32-51(71)63-24-53(73)86-61(9-4)45-22-49-55-41(26-67(49)57(75)43(45)30-84-59(61)77)37(7-2)39-20-34(69)12-14-47(39)65-55/h11-14,19-22,35,68-69H,6-10,15-18,23-32H2,1-5H3,(H,62,70)(H,63,71)/t35?,60-,61-/m0/s1. The first kappa shape index (κ1) is 60.5. The van der Waals surface area contributed by atoms with Crippen LogP contribution in [-0.2, 0) is 122 Å². The molecule has 10 rings (SSSR count). The van der Waals surface area contributed by atoms with Gasteiger partial charge in [-0.25, -0.2) is 19.6 Å². The first-order valence-corrected chi connectivity index (χ1v) is 28.6. The molecule has 0 fully saturated rings. The van der Waals surface area contributed by atoms with Gasteiger partial charge in [-0.3, -0.25) is 28.8 Å². The van der Waals surface area contributed by atoms with Crippen LogP contribution in [0.3, 0.4) is 0 Å². The molecule has 25 heteroatoms. The summed E-state index contributed by atoms with van der Waals surface area (Å²) in [6, 6.07) is 13.0. The lowest BCUT2D eigenvalue weighted by molar-refractivity contribution is -0.189. The minimum atomic E-state index is -1.99. The molecule has 4 aliphatic rings. The molecule has 454 valence electrons. The van der Waals surface area contributed by atoms with Gasteiger partial charge in [-0.2, -0.15) is 0 Å².